The molecule has 0 saturated heterocycles. The molecule has 0 bridgehead atoms. The summed E-state index contributed by atoms with van der Waals surface area (Å²) in [5.74, 6) is 0.373. The first-order valence-corrected chi connectivity index (χ1v) is 7.89. The molecule has 0 radical (unpaired) electrons. The normalized spacial score (nSPS) is 13.5. The van der Waals surface area contributed by atoms with E-state index in [1.54, 1.807) is 22.9 Å². The summed E-state index contributed by atoms with van der Waals surface area (Å²) < 4.78 is 33.3. The molecule has 1 amide bonds. The van der Waals surface area contributed by atoms with Crippen LogP contribution in [-0.2, 0) is 20.2 Å². The number of halogens is 2. The van der Waals surface area contributed by atoms with Crippen LogP contribution in [0.2, 0.25) is 0 Å². The van der Waals surface area contributed by atoms with Gasteiger partial charge in [0.15, 0.2) is 0 Å². The first-order valence-electron chi connectivity index (χ1n) is 7.89. The minimum absolute atomic E-state index is 0.245. The molecule has 1 aromatic carbocycles. The topological polar surface area (TPSA) is 65.2 Å². The number of aryl methyl sites for hydroxylation is 1. The average molecular weight is 359 g/mol. The van der Waals surface area contributed by atoms with Gasteiger partial charge in [0.1, 0.15) is 12.4 Å². The van der Waals surface area contributed by atoms with E-state index < -0.39 is 6.55 Å². The van der Waals surface area contributed by atoms with Crippen LogP contribution in [0, 0.1) is 0 Å². The largest absolute Gasteiger partial charge is 0.487 e. The lowest BCUT2D eigenvalue weighted by atomic mass is 10.1. The van der Waals surface area contributed by atoms with Crippen LogP contribution in [0.5, 0.6) is 5.75 Å². The number of benzene rings is 1. The first kappa shape index (κ1) is 16.2. The monoisotopic (exact) mass is 359 g/mol. The van der Waals surface area contributed by atoms with Gasteiger partial charge in [-0.1, -0.05) is 0 Å². The number of rotatable bonds is 5. The van der Waals surface area contributed by atoms with Crippen LogP contribution < -0.4 is 9.64 Å². The summed E-state index contributed by atoms with van der Waals surface area (Å²) in [7, 11) is 1.83. The van der Waals surface area contributed by atoms with Crippen molar-refractivity contribution in [2.75, 3.05) is 4.90 Å². The molecule has 134 valence electrons. The minimum atomic E-state index is -2.74. The number of carbonyl (C=O) groups is 1. The lowest BCUT2D eigenvalue weighted by Gasteiger charge is -2.12. The molecule has 0 unspecified atom stereocenters. The summed E-state index contributed by atoms with van der Waals surface area (Å²) >= 11 is 0. The molecule has 7 nitrogen and oxygen atoms in total. The number of amides is 1. The zero-order chi connectivity index (χ0) is 18.3. The molecule has 3 heterocycles. The Bertz CT molecular complexity index is 966. The summed E-state index contributed by atoms with van der Waals surface area (Å²) in [5.41, 5.74) is 2.44. The standard InChI is InChI=1S/C17H15F2N5O2/c1-22-5-4-12(21-22)10-26-14-2-3-15-11(6-14)8-23(16(15)25)13-7-20-24(9-13)17(18)19/h2-7,9,17H,8,10H2,1H3. The lowest BCUT2D eigenvalue weighted by molar-refractivity contribution is 0.0566. The maximum Gasteiger partial charge on any atom is 0.333 e. The Balaban J connectivity index is 1.50. The van der Waals surface area contributed by atoms with E-state index in [4.69, 9.17) is 4.74 Å². The minimum Gasteiger partial charge on any atom is -0.487 e. The predicted molar refractivity (Wildman–Crippen MR) is 88.0 cm³/mol. The van der Waals surface area contributed by atoms with Gasteiger partial charge < -0.3 is 9.64 Å². The Morgan fingerprint density at radius 1 is 1.31 bits per heavy atom. The number of fused-ring (bicyclic) bond motifs is 1. The van der Waals surface area contributed by atoms with E-state index in [-0.39, 0.29) is 12.5 Å². The van der Waals surface area contributed by atoms with Crippen molar-refractivity contribution in [3.05, 3.63) is 59.7 Å². The van der Waals surface area contributed by atoms with Gasteiger partial charge in [-0.25, -0.2) is 4.68 Å². The van der Waals surface area contributed by atoms with Gasteiger partial charge in [-0.2, -0.15) is 19.0 Å². The fourth-order valence-corrected chi connectivity index (χ4v) is 2.87. The van der Waals surface area contributed by atoms with E-state index in [9.17, 15) is 13.6 Å². The fourth-order valence-electron chi connectivity index (χ4n) is 2.87. The highest BCUT2D eigenvalue weighted by Gasteiger charge is 2.30. The third-order valence-corrected chi connectivity index (χ3v) is 4.14. The highest BCUT2D eigenvalue weighted by atomic mass is 19.3. The third kappa shape index (κ3) is 2.92. The third-order valence-electron chi connectivity index (χ3n) is 4.14. The molecule has 0 aliphatic carbocycles. The van der Waals surface area contributed by atoms with Crippen LogP contribution in [0.3, 0.4) is 0 Å². The molecule has 2 aromatic heterocycles. The molecule has 26 heavy (non-hydrogen) atoms. The summed E-state index contributed by atoms with van der Waals surface area (Å²) in [4.78, 5) is 13.9. The van der Waals surface area contributed by atoms with Crippen molar-refractivity contribution in [2.45, 2.75) is 19.7 Å². The van der Waals surface area contributed by atoms with E-state index in [1.807, 2.05) is 19.3 Å². The second-order valence-corrected chi connectivity index (χ2v) is 5.94. The molecule has 1 aliphatic rings. The predicted octanol–water partition coefficient (Wildman–Crippen LogP) is 2.75. The van der Waals surface area contributed by atoms with Crippen molar-refractivity contribution >= 4 is 11.6 Å². The molecule has 9 heteroatoms. The van der Waals surface area contributed by atoms with Crippen molar-refractivity contribution < 1.29 is 18.3 Å². The quantitative estimate of drug-likeness (QED) is 0.703. The smallest absolute Gasteiger partial charge is 0.333 e. The van der Waals surface area contributed by atoms with Gasteiger partial charge in [-0.05, 0) is 29.8 Å². The van der Waals surface area contributed by atoms with Crippen molar-refractivity contribution in [3.63, 3.8) is 0 Å². The summed E-state index contributed by atoms with van der Waals surface area (Å²) in [6, 6.07) is 7.04. The first-order chi connectivity index (χ1) is 12.5. The molecule has 4 rings (SSSR count). The molecular formula is C17H15F2N5O2. The van der Waals surface area contributed by atoms with Gasteiger partial charge in [-0.3, -0.25) is 9.48 Å². The van der Waals surface area contributed by atoms with E-state index in [0.717, 1.165) is 17.5 Å². The van der Waals surface area contributed by atoms with Gasteiger partial charge in [0.2, 0.25) is 0 Å². The molecule has 0 saturated carbocycles. The Hall–Kier alpha value is -3.23. The van der Waals surface area contributed by atoms with Crippen molar-refractivity contribution in [2.24, 2.45) is 7.05 Å². The second-order valence-electron chi connectivity index (χ2n) is 5.94. The van der Waals surface area contributed by atoms with Crippen LogP contribution >= 0.6 is 0 Å². The maximum absolute atomic E-state index is 12.7. The van der Waals surface area contributed by atoms with Crippen LogP contribution in [0.15, 0.2) is 42.9 Å². The van der Waals surface area contributed by atoms with E-state index in [0.29, 0.717) is 28.3 Å². The van der Waals surface area contributed by atoms with E-state index >= 15 is 0 Å². The molecule has 0 atom stereocenters. The van der Waals surface area contributed by atoms with Gasteiger partial charge >= 0.3 is 6.55 Å². The molecule has 0 N–H and O–H groups in total. The Morgan fingerprint density at radius 3 is 2.85 bits per heavy atom. The second kappa shape index (κ2) is 6.25. The van der Waals surface area contributed by atoms with E-state index in [2.05, 4.69) is 10.2 Å². The number of hydrogen-bond donors (Lipinski definition) is 0. The molecule has 1 aliphatic heterocycles. The number of alkyl halides is 2. The van der Waals surface area contributed by atoms with Crippen LogP contribution in [-0.4, -0.2) is 25.5 Å². The van der Waals surface area contributed by atoms with Gasteiger partial charge in [-0.15, -0.1) is 0 Å². The number of carbonyl (C=O) groups excluding carboxylic acids is 1. The lowest BCUT2D eigenvalue weighted by Crippen LogP contribution is -2.22. The SMILES string of the molecule is Cn1ccc(COc2ccc3c(c2)CN(c2cnn(C(F)F)c2)C3=O)n1. The summed E-state index contributed by atoms with van der Waals surface area (Å²) in [6.45, 7) is -2.14. The zero-order valence-corrected chi connectivity index (χ0v) is 13.8. The number of nitrogens with zero attached hydrogens (tertiary/aromatic N) is 5. The van der Waals surface area contributed by atoms with Gasteiger partial charge in [0.25, 0.3) is 5.91 Å². The fraction of sp³-hybridized carbons (Fsp3) is 0.235. The Labute approximate surface area is 147 Å². The highest BCUT2D eigenvalue weighted by Crippen LogP contribution is 2.31. The van der Waals surface area contributed by atoms with Crippen molar-refractivity contribution in [3.8, 4) is 5.75 Å². The molecule has 0 spiro atoms. The Kier molecular flexibility index (Phi) is 3.90. The summed E-state index contributed by atoms with van der Waals surface area (Å²) in [6.07, 6.45) is 4.25. The zero-order valence-electron chi connectivity index (χ0n) is 13.8. The molecular weight excluding hydrogens is 344 g/mol. The van der Waals surface area contributed by atoms with E-state index in [1.165, 1.54) is 11.1 Å². The summed E-state index contributed by atoms with van der Waals surface area (Å²) in [5, 5.41) is 7.82. The van der Waals surface area contributed by atoms with Crippen LogP contribution in [0.4, 0.5) is 14.5 Å². The maximum atomic E-state index is 12.7. The molecule has 3 aromatic rings. The van der Waals surface area contributed by atoms with Crippen molar-refractivity contribution in [1.29, 1.82) is 0 Å². The van der Waals surface area contributed by atoms with Crippen LogP contribution in [0.25, 0.3) is 0 Å². The van der Waals surface area contributed by atoms with Gasteiger partial charge in [0.05, 0.1) is 30.3 Å². The number of aromatic nitrogens is 4. The number of ether oxygens (including phenoxy) is 1. The average Bonchev–Trinajstić information content (AvgIpc) is 3.32. The van der Waals surface area contributed by atoms with Crippen LogP contribution in [0.1, 0.15) is 28.2 Å². The Morgan fingerprint density at radius 2 is 2.15 bits per heavy atom. The number of hydrogen-bond acceptors (Lipinski definition) is 4. The number of anilines is 1. The molecule has 0 fully saturated rings. The van der Waals surface area contributed by atoms with Gasteiger partial charge in [0, 0.05) is 18.8 Å². The van der Waals surface area contributed by atoms with Crippen molar-refractivity contribution in [1.82, 2.24) is 19.6 Å². The highest BCUT2D eigenvalue weighted by molar-refractivity contribution is 6.10.